The van der Waals surface area contributed by atoms with Gasteiger partial charge < -0.3 is 4.74 Å². The Morgan fingerprint density at radius 1 is 1.05 bits per heavy atom. The lowest BCUT2D eigenvalue weighted by atomic mass is 9.91. The highest BCUT2D eigenvalue weighted by molar-refractivity contribution is 5.75. The Labute approximate surface area is 114 Å². The summed E-state index contributed by atoms with van der Waals surface area (Å²) < 4.78 is 58.5. The van der Waals surface area contributed by atoms with Crippen LogP contribution in [0.15, 0.2) is 0 Å². The van der Waals surface area contributed by atoms with Crippen LogP contribution in [-0.4, -0.2) is 5.97 Å². The standard InChI is InChI=1S/C14H16F4O2/c1-5-14(3,4)13(19)20-6-8-11(17)9(15)7(2)10(16)12(8)18/h5-6H2,1-4H3. The van der Waals surface area contributed by atoms with E-state index in [1.54, 1.807) is 20.8 Å². The van der Waals surface area contributed by atoms with E-state index in [-0.39, 0.29) is 0 Å². The van der Waals surface area contributed by atoms with Crippen molar-refractivity contribution in [3.63, 3.8) is 0 Å². The molecule has 0 aliphatic heterocycles. The second kappa shape index (κ2) is 5.81. The lowest BCUT2D eigenvalue weighted by Gasteiger charge is -2.20. The van der Waals surface area contributed by atoms with E-state index in [9.17, 15) is 22.4 Å². The van der Waals surface area contributed by atoms with Gasteiger partial charge in [-0.3, -0.25) is 4.79 Å². The lowest BCUT2D eigenvalue weighted by molar-refractivity contribution is -0.155. The fraction of sp³-hybridized carbons (Fsp3) is 0.500. The van der Waals surface area contributed by atoms with E-state index in [2.05, 4.69) is 0 Å². The molecule has 1 aromatic rings. The molecule has 0 N–H and O–H groups in total. The molecule has 0 saturated carbocycles. The minimum absolute atomic E-state index is 0.452. The summed E-state index contributed by atoms with van der Waals surface area (Å²) in [6.07, 6.45) is 0.452. The molecule has 0 bridgehead atoms. The molecule has 1 rings (SSSR count). The predicted molar refractivity (Wildman–Crippen MR) is 64.9 cm³/mol. The summed E-state index contributed by atoms with van der Waals surface area (Å²) in [6, 6.07) is 0. The number of esters is 1. The molecule has 0 unspecified atom stereocenters. The van der Waals surface area contributed by atoms with Crippen LogP contribution < -0.4 is 0 Å². The molecule has 0 saturated heterocycles. The van der Waals surface area contributed by atoms with Gasteiger partial charge in [0.15, 0.2) is 23.3 Å². The molecule has 0 atom stereocenters. The van der Waals surface area contributed by atoms with E-state index >= 15 is 0 Å². The first-order valence-corrected chi connectivity index (χ1v) is 6.12. The highest BCUT2D eigenvalue weighted by atomic mass is 19.2. The van der Waals surface area contributed by atoms with Gasteiger partial charge in [-0.25, -0.2) is 17.6 Å². The predicted octanol–water partition coefficient (Wildman–Crippen LogP) is 4.03. The number of rotatable bonds is 4. The van der Waals surface area contributed by atoms with E-state index in [0.29, 0.717) is 6.42 Å². The first kappa shape index (κ1) is 16.5. The summed E-state index contributed by atoms with van der Waals surface area (Å²) in [6.45, 7) is 5.01. The van der Waals surface area contributed by atoms with E-state index in [4.69, 9.17) is 4.74 Å². The van der Waals surface area contributed by atoms with Gasteiger partial charge in [0, 0.05) is 5.56 Å². The maximum absolute atomic E-state index is 13.6. The molecule has 0 heterocycles. The van der Waals surface area contributed by atoms with Gasteiger partial charge in [0.2, 0.25) is 0 Å². The van der Waals surface area contributed by atoms with Crippen LogP contribution in [0.2, 0.25) is 0 Å². The van der Waals surface area contributed by atoms with Gasteiger partial charge in [0.1, 0.15) is 6.61 Å². The van der Waals surface area contributed by atoms with Crippen molar-refractivity contribution in [2.24, 2.45) is 5.41 Å². The summed E-state index contributed by atoms with van der Waals surface area (Å²) in [5.41, 5.74) is -2.51. The van der Waals surface area contributed by atoms with E-state index in [0.717, 1.165) is 6.92 Å². The smallest absolute Gasteiger partial charge is 0.311 e. The molecule has 0 aromatic heterocycles. The van der Waals surface area contributed by atoms with Crippen molar-refractivity contribution in [3.05, 3.63) is 34.4 Å². The zero-order valence-corrected chi connectivity index (χ0v) is 11.7. The van der Waals surface area contributed by atoms with Crippen molar-refractivity contribution in [2.75, 3.05) is 0 Å². The molecule has 0 spiro atoms. The number of carbonyl (C=O) groups excluding carboxylic acids is 1. The van der Waals surface area contributed by atoms with Crippen LogP contribution in [0.1, 0.15) is 38.3 Å². The first-order chi connectivity index (χ1) is 9.13. The Morgan fingerprint density at radius 2 is 1.50 bits per heavy atom. The van der Waals surface area contributed by atoms with Crippen LogP contribution in [0.5, 0.6) is 0 Å². The van der Waals surface area contributed by atoms with Crippen LogP contribution in [0.25, 0.3) is 0 Å². The van der Waals surface area contributed by atoms with Gasteiger partial charge >= 0.3 is 5.97 Å². The van der Waals surface area contributed by atoms with Crippen molar-refractivity contribution < 1.29 is 27.1 Å². The number of halogens is 4. The molecule has 2 nitrogen and oxygen atoms in total. The zero-order valence-electron chi connectivity index (χ0n) is 11.7. The lowest BCUT2D eigenvalue weighted by Crippen LogP contribution is -2.26. The molecule has 0 amide bonds. The quantitative estimate of drug-likeness (QED) is 0.476. The largest absolute Gasteiger partial charge is 0.460 e. The Morgan fingerprint density at radius 3 is 1.90 bits per heavy atom. The maximum atomic E-state index is 13.6. The number of benzene rings is 1. The molecule has 20 heavy (non-hydrogen) atoms. The molecular formula is C14H16F4O2. The third-order valence-electron chi connectivity index (χ3n) is 3.36. The molecule has 0 radical (unpaired) electrons. The third kappa shape index (κ3) is 2.94. The second-order valence-corrected chi connectivity index (χ2v) is 5.17. The number of hydrogen-bond acceptors (Lipinski definition) is 2. The molecule has 1 aromatic carbocycles. The Hall–Kier alpha value is -1.59. The Balaban J connectivity index is 3.04. The van der Waals surface area contributed by atoms with Gasteiger partial charge in [0.05, 0.1) is 11.0 Å². The number of ether oxygens (including phenoxy) is 1. The number of hydrogen-bond donors (Lipinski definition) is 0. The summed E-state index contributed by atoms with van der Waals surface area (Å²) in [4.78, 5) is 11.7. The van der Waals surface area contributed by atoms with Crippen molar-refractivity contribution in [2.45, 2.75) is 40.7 Å². The fourth-order valence-corrected chi connectivity index (χ4v) is 1.39. The van der Waals surface area contributed by atoms with Crippen molar-refractivity contribution in [3.8, 4) is 0 Å². The molecule has 112 valence electrons. The number of carbonyl (C=O) groups is 1. The highest BCUT2D eigenvalue weighted by Crippen LogP contribution is 2.26. The van der Waals surface area contributed by atoms with Crippen molar-refractivity contribution in [1.29, 1.82) is 0 Å². The normalized spacial score (nSPS) is 11.6. The highest BCUT2D eigenvalue weighted by Gasteiger charge is 2.29. The van der Waals surface area contributed by atoms with Crippen LogP contribution in [0.4, 0.5) is 17.6 Å². The molecule has 0 aliphatic carbocycles. The van der Waals surface area contributed by atoms with Crippen LogP contribution in [-0.2, 0) is 16.1 Å². The molecule has 6 heteroatoms. The Kier molecular flexibility index (Phi) is 4.78. The summed E-state index contributed by atoms with van der Waals surface area (Å²) in [7, 11) is 0. The van der Waals surface area contributed by atoms with Gasteiger partial charge in [-0.1, -0.05) is 6.92 Å². The van der Waals surface area contributed by atoms with E-state index < -0.39 is 52.4 Å². The minimum Gasteiger partial charge on any atom is -0.460 e. The van der Waals surface area contributed by atoms with E-state index in [1.165, 1.54) is 0 Å². The fourth-order valence-electron chi connectivity index (χ4n) is 1.39. The van der Waals surface area contributed by atoms with E-state index in [1.807, 2.05) is 0 Å². The second-order valence-electron chi connectivity index (χ2n) is 5.17. The first-order valence-electron chi connectivity index (χ1n) is 6.12. The summed E-state index contributed by atoms with van der Waals surface area (Å²) in [5.74, 6) is -6.73. The topological polar surface area (TPSA) is 26.3 Å². The van der Waals surface area contributed by atoms with Gasteiger partial charge in [-0.05, 0) is 27.2 Å². The van der Waals surface area contributed by atoms with Crippen LogP contribution >= 0.6 is 0 Å². The van der Waals surface area contributed by atoms with Crippen LogP contribution in [0.3, 0.4) is 0 Å². The minimum atomic E-state index is -1.54. The monoisotopic (exact) mass is 292 g/mol. The van der Waals surface area contributed by atoms with Gasteiger partial charge in [-0.15, -0.1) is 0 Å². The molecule has 0 fully saturated rings. The maximum Gasteiger partial charge on any atom is 0.311 e. The zero-order chi connectivity index (χ0) is 15.7. The van der Waals surface area contributed by atoms with Gasteiger partial charge in [-0.2, -0.15) is 0 Å². The van der Waals surface area contributed by atoms with Gasteiger partial charge in [0.25, 0.3) is 0 Å². The Bertz CT molecular complexity index is 509. The van der Waals surface area contributed by atoms with Crippen molar-refractivity contribution in [1.82, 2.24) is 0 Å². The summed E-state index contributed by atoms with van der Waals surface area (Å²) >= 11 is 0. The SMILES string of the molecule is CCC(C)(C)C(=O)OCc1c(F)c(F)c(C)c(F)c1F. The average Bonchev–Trinajstić information content (AvgIpc) is 2.42. The van der Waals surface area contributed by atoms with Crippen LogP contribution in [0, 0.1) is 35.6 Å². The third-order valence-corrected chi connectivity index (χ3v) is 3.36. The molecule has 0 aliphatic rings. The van der Waals surface area contributed by atoms with Crippen molar-refractivity contribution >= 4 is 5.97 Å². The summed E-state index contributed by atoms with van der Waals surface area (Å²) in [5, 5.41) is 0. The average molecular weight is 292 g/mol. The molecular weight excluding hydrogens is 276 g/mol.